The van der Waals surface area contributed by atoms with Crippen LogP contribution in [0.2, 0.25) is 0 Å². The number of piperidine rings is 1. The van der Waals surface area contributed by atoms with E-state index in [2.05, 4.69) is 42.7 Å². The Hall–Kier alpha value is -1.99. The van der Waals surface area contributed by atoms with Crippen molar-refractivity contribution in [2.24, 2.45) is 13.0 Å². The average molecular weight is 342 g/mol. The number of likely N-dealkylation sites (tertiary alicyclic amines) is 1. The molecule has 2 aliphatic heterocycles. The van der Waals surface area contributed by atoms with Crippen molar-refractivity contribution in [3.05, 3.63) is 36.0 Å². The van der Waals surface area contributed by atoms with Gasteiger partial charge in [0.25, 0.3) is 0 Å². The Morgan fingerprint density at radius 1 is 1.20 bits per heavy atom. The monoisotopic (exact) mass is 342 g/mol. The van der Waals surface area contributed by atoms with Gasteiger partial charge in [0, 0.05) is 45.0 Å². The van der Waals surface area contributed by atoms with Crippen LogP contribution < -0.4 is 4.90 Å². The summed E-state index contributed by atoms with van der Waals surface area (Å²) in [7, 11) is 2.05. The lowest BCUT2D eigenvalue weighted by Crippen LogP contribution is -2.46. The lowest BCUT2D eigenvalue weighted by molar-refractivity contribution is -0.0246. The van der Waals surface area contributed by atoms with Gasteiger partial charge in [-0.15, -0.1) is 5.10 Å². The highest BCUT2D eigenvalue weighted by Crippen LogP contribution is 2.26. The predicted octanol–water partition coefficient (Wildman–Crippen LogP) is 1.25. The van der Waals surface area contributed by atoms with Crippen molar-refractivity contribution in [2.75, 3.05) is 37.7 Å². The van der Waals surface area contributed by atoms with Gasteiger partial charge in [0.2, 0.25) is 0 Å². The first kappa shape index (κ1) is 16.5. The number of aryl methyl sites for hydroxylation is 2. The summed E-state index contributed by atoms with van der Waals surface area (Å²) in [6.45, 7) is 7.55. The van der Waals surface area contributed by atoms with E-state index in [0.717, 1.165) is 63.1 Å². The molecule has 4 heterocycles. The molecule has 4 rings (SSSR count). The molecule has 0 saturated carbocycles. The van der Waals surface area contributed by atoms with Crippen molar-refractivity contribution in [3.8, 4) is 0 Å². The number of ether oxygens (including phenoxy) is 1. The van der Waals surface area contributed by atoms with E-state index in [0.29, 0.717) is 5.92 Å². The van der Waals surface area contributed by atoms with Crippen LogP contribution in [0.25, 0.3) is 0 Å². The zero-order valence-electron chi connectivity index (χ0n) is 15.0. The zero-order valence-corrected chi connectivity index (χ0v) is 15.0. The maximum absolute atomic E-state index is 6.20. The summed E-state index contributed by atoms with van der Waals surface area (Å²) in [6, 6.07) is 4.10. The maximum atomic E-state index is 6.20. The van der Waals surface area contributed by atoms with E-state index >= 15 is 0 Å². The number of nitrogens with zero attached hydrogens (tertiary/aromatic N) is 6. The average Bonchev–Trinajstić information content (AvgIpc) is 2.90. The molecule has 0 spiro atoms. The van der Waals surface area contributed by atoms with Gasteiger partial charge in [-0.1, -0.05) is 0 Å². The van der Waals surface area contributed by atoms with Gasteiger partial charge in [-0.3, -0.25) is 4.90 Å². The third kappa shape index (κ3) is 3.67. The Morgan fingerprint density at radius 3 is 2.88 bits per heavy atom. The highest BCUT2D eigenvalue weighted by Gasteiger charge is 2.34. The van der Waals surface area contributed by atoms with Gasteiger partial charge < -0.3 is 14.2 Å². The van der Waals surface area contributed by atoms with E-state index in [1.54, 1.807) is 0 Å². The highest BCUT2D eigenvalue weighted by molar-refractivity contribution is 5.37. The third-order valence-electron chi connectivity index (χ3n) is 5.32. The molecular weight excluding hydrogens is 316 g/mol. The number of anilines is 1. The van der Waals surface area contributed by atoms with Crippen molar-refractivity contribution in [2.45, 2.75) is 26.0 Å². The summed E-state index contributed by atoms with van der Waals surface area (Å²) < 4.78 is 8.30. The lowest BCUT2D eigenvalue weighted by atomic mass is 9.93. The summed E-state index contributed by atoms with van der Waals surface area (Å²) in [4.78, 5) is 9.24. The summed E-state index contributed by atoms with van der Waals surface area (Å²) in [5.74, 6) is 2.62. The van der Waals surface area contributed by atoms with Crippen molar-refractivity contribution in [1.82, 2.24) is 24.6 Å². The first-order valence-electron chi connectivity index (χ1n) is 9.04. The molecule has 7 nitrogen and oxygen atoms in total. The summed E-state index contributed by atoms with van der Waals surface area (Å²) in [6.07, 6.45) is 5.30. The number of aromatic nitrogens is 4. The molecule has 2 saturated heterocycles. The quantitative estimate of drug-likeness (QED) is 0.837. The Bertz CT molecular complexity index is 700. The minimum Gasteiger partial charge on any atom is -0.375 e. The van der Waals surface area contributed by atoms with Crippen LogP contribution in [0.4, 0.5) is 5.82 Å². The van der Waals surface area contributed by atoms with E-state index < -0.39 is 0 Å². The largest absolute Gasteiger partial charge is 0.375 e. The van der Waals surface area contributed by atoms with Crippen LogP contribution in [-0.2, 0) is 18.3 Å². The van der Waals surface area contributed by atoms with Gasteiger partial charge in [0.1, 0.15) is 5.82 Å². The van der Waals surface area contributed by atoms with Crippen LogP contribution in [0, 0.1) is 12.8 Å². The topological polar surface area (TPSA) is 59.3 Å². The number of imidazole rings is 1. The van der Waals surface area contributed by atoms with E-state index in [1.807, 2.05) is 25.4 Å². The highest BCUT2D eigenvalue weighted by atomic mass is 16.5. The molecule has 2 fully saturated rings. The lowest BCUT2D eigenvalue weighted by Gasteiger charge is -2.37. The van der Waals surface area contributed by atoms with Crippen LogP contribution in [0.5, 0.6) is 0 Å². The Balaban J connectivity index is 1.40. The smallest absolute Gasteiger partial charge is 0.151 e. The Morgan fingerprint density at radius 2 is 2.12 bits per heavy atom. The fourth-order valence-corrected chi connectivity index (χ4v) is 3.78. The van der Waals surface area contributed by atoms with Gasteiger partial charge in [-0.05, 0) is 32.0 Å². The summed E-state index contributed by atoms with van der Waals surface area (Å²) in [5, 5.41) is 8.56. The van der Waals surface area contributed by atoms with Crippen molar-refractivity contribution >= 4 is 5.82 Å². The van der Waals surface area contributed by atoms with Crippen LogP contribution in [0.15, 0.2) is 24.5 Å². The Labute approximate surface area is 148 Å². The van der Waals surface area contributed by atoms with Crippen molar-refractivity contribution < 1.29 is 4.74 Å². The van der Waals surface area contributed by atoms with E-state index in [1.165, 1.54) is 0 Å². The third-order valence-corrected chi connectivity index (χ3v) is 5.32. The van der Waals surface area contributed by atoms with Crippen LogP contribution in [0.3, 0.4) is 0 Å². The van der Waals surface area contributed by atoms with Crippen molar-refractivity contribution in [3.63, 3.8) is 0 Å². The minimum atomic E-state index is 0.289. The van der Waals surface area contributed by atoms with Crippen molar-refractivity contribution in [1.29, 1.82) is 0 Å². The fourth-order valence-electron chi connectivity index (χ4n) is 3.78. The second-order valence-corrected chi connectivity index (χ2v) is 7.13. The molecule has 0 amide bonds. The predicted molar refractivity (Wildman–Crippen MR) is 95.3 cm³/mol. The van der Waals surface area contributed by atoms with E-state index in [9.17, 15) is 0 Å². The molecule has 2 aromatic rings. The molecule has 2 atom stereocenters. The molecule has 0 radical (unpaired) electrons. The number of hydrogen-bond donors (Lipinski definition) is 0. The minimum absolute atomic E-state index is 0.289. The first-order valence-corrected chi connectivity index (χ1v) is 9.04. The molecule has 0 bridgehead atoms. The van der Waals surface area contributed by atoms with Crippen LogP contribution in [-0.4, -0.2) is 63.5 Å². The second-order valence-electron chi connectivity index (χ2n) is 7.13. The molecule has 134 valence electrons. The maximum Gasteiger partial charge on any atom is 0.151 e. The van der Waals surface area contributed by atoms with Gasteiger partial charge in [-0.2, -0.15) is 5.10 Å². The summed E-state index contributed by atoms with van der Waals surface area (Å²) in [5.41, 5.74) is 0.954. The van der Waals surface area contributed by atoms with Gasteiger partial charge >= 0.3 is 0 Å². The first-order chi connectivity index (χ1) is 12.2. The van der Waals surface area contributed by atoms with E-state index in [4.69, 9.17) is 4.74 Å². The zero-order chi connectivity index (χ0) is 17.2. The summed E-state index contributed by atoms with van der Waals surface area (Å²) >= 11 is 0. The molecule has 2 aliphatic rings. The number of hydrogen-bond acceptors (Lipinski definition) is 6. The van der Waals surface area contributed by atoms with E-state index in [-0.39, 0.29) is 6.10 Å². The molecule has 0 aromatic carbocycles. The van der Waals surface area contributed by atoms with Crippen LogP contribution in [0.1, 0.15) is 17.9 Å². The van der Waals surface area contributed by atoms with Gasteiger partial charge in [-0.25, -0.2) is 4.98 Å². The number of rotatable bonds is 3. The SMILES string of the molecule is Cc1ccc(N2CCO[C@H]3CN(Cc4nccn4C)CC[C@H]3C2)nn1. The second kappa shape index (κ2) is 7.09. The molecular formula is C18H26N6O. The van der Waals surface area contributed by atoms with Gasteiger partial charge in [0.15, 0.2) is 5.82 Å². The standard InChI is InChI=1S/C18H26N6O/c1-14-3-4-17(21-20-14)24-9-10-25-16-12-23(7-5-15(16)11-24)13-18-19-6-8-22(18)2/h3-4,6,8,15-16H,5,7,9-13H2,1-2H3/t15-,16-/m0/s1. The molecule has 25 heavy (non-hydrogen) atoms. The van der Waals surface area contributed by atoms with Gasteiger partial charge in [0.05, 0.1) is 24.9 Å². The fraction of sp³-hybridized carbons (Fsp3) is 0.611. The molecule has 0 unspecified atom stereocenters. The molecule has 0 aliphatic carbocycles. The molecule has 0 N–H and O–H groups in total. The molecule has 7 heteroatoms. The number of fused-ring (bicyclic) bond motifs is 1. The Kier molecular flexibility index (Phi) is 4.67. The van der Waals surface area contributed by atoms with Crippen LogP contribution >= 0.6 is 0 Å². The molecule has 2 aromatic heterocycles. The normalized spacial score (nSPS) is 24.8.